The Balaban J connectivity index is 1.59. The van der Waals surface area contributed by atoms with Crippen molar-refractivity contribution < 1.29 is 14.7 Å². The van der Waals surface area contributed by atoms with E-state index >= 15 is 0 Å². The predicted molar refractivity (Wildman–Crippen MR) is 92.5 cm³/mol. The van der Waals surface area contributed by atoms with Gasteiger partial charge in [-0.05, 0) is 30.9 Å². The maximum absolute atomic E-state index is 11.8. The summed E-state index contributed by atoms with van der Waals surface area (Å²) in [6.45, 7) is 2.85. The van der Waals surface area contributed by atoms with Crippen LogP contribution in [0.1, 0.15) is 42.9 Å². The molecule has 132 valence electrons. The second kappa shape index (κ2) is 9.27. The van der Waals surface area contributed by atoms with E-state index in [0.717, 1.165) is 36.8 Å². The molecule has 1 atom stereocenters. The molecule has 0 radical (unpaired) electrons. The molecule has 0 bridgehead atoms. The Morgan fingerprint density at radius 2 is 1.79 bits per heavy atom. The fourth-order valence-electron chi connectivity index (χ4n) is 3.02. The maximum Gasteiger partial charge on any atom is 0.314 e. The summed E-state index contributed by atoms with van der Waals surface area (Å²) in [6.07, 6.45) is 3.45. The topological polar surface area (TPSA) is 90.5 Å². The van der Waals surface area contributed by atoms with E-state index in [-0.39, 0.29) is 24.4 Å². The molecule has 2 rings (SSSR count). The highest BCUT2D eigenvalue weighted by Crippen LogP contribution is 2.24. The third-order valence-electron chi connectivity index (χ3n) is 4.44. The van der Waals surface area contributed by atoms with Crippen molar-refractivity contribution in [2.24, 2.45) is 5.92 Å². The average molecular weight is 333 g/mol. The van der Waals surface area contributed by atoms with E-state index in [9.17, 15) is 14.7 Å². The largest absolute Gasteiger partial charge is 0.387 e. The minimum Gasteiger partial charge on any atom is -0.387 e. The molecule has 1 aliphatic carbocycles. The number of amides is 3. The fraction of sp³-hybridized carbons (Fsp3) is 0.556. The number of urea groups is 1. The highest BCUT2D eigenvalue weighted by atomic mass is 16.3. The number of carbonyl (C=O) groups excluding carboxylic acids is 2. The number of aliphatic hydroxyl groups excluding tert-OH is 1. The molecule has 1 aliphatic rings. The quantitative estimate of drug-likeness (QED) is 0.572. The Bertz CT molecular complexity index is 556. The second-order valence-electron chi connectivity index (χ2n) is 6.28. The van der Waals surface area contributed by atoms with Crippen LogP contribution in [-0.4, -0.2) is 36.7 Å². The molecule has 0 aliphatic heterocycles. The Labute approximate surface area is 143 Å². The van der Waals surface area contributed by atoms with E-state index in [4.69, 9.17) is 0 Å². The Kier molecular flexibility index (Phi) is 7.06. The molecule has 1 aromatic carbocycles. The van der Waals surface area contributed by atoms with Gasteiger partial charge >= 0.3 is 6.03 Å². The van der Waals surface area contributed by atoms with Crippen LogP contribution >= 0.6 is 0 Å². The van der Waals surface area contributed by atoms with Crippen molar-refractivity contribution in [3.8, 4) is 0 Å². The summed E-state index contributed by atoms with van der Waals surface area (Å²) in [7, 11) is 0. The van der Waals surface area contributed by atoms with Gasteiger partial charge < -0.3 is 21.1 Å². The molecule has 1 fully saturated rings. The molecule has 4 N–H and O–H groups in total. The first kappa shape index (κ1) is 18.3. The van der Waals surface area contributed by atoms with Crippen molar-refractivity contribution in [2.75, 3.05) is 19.6 Å². The molecule has 6 heteroatoms. The summed E-state index contributed by atoms with van der Waals surface area (Å²) in [5, 5.41) is 18.3. The number of hydrogen-bond donors (Lipinski definition) is 4. The smallest absolute Gasteiger partial charge is 0.314 e. The van der Waals surface area contributed by atoms with Crippen LogP contribution in [0.5, 0.6) is 0 Å². The average Bonchev–Trinajstić information content (AvgIpc) is 3.11. The molecule has 3 amide bonds. The zero-order valence-corrected chi connectivity index (χ0v) is 14.2. The number of hydrogen-bond acceptors (Lipinski definition) is 3. The maximum atomic E-state index is 11.8. The molecule has 1 aromatic rings. The Morgan fingerprint density at radius 3 is 2.50 bits per heavy atom. The Hall–Kier alpha value is -2.08. The summed E-state index contributed by atoms with van der Waals surface area (Å²) >= 11 is 0. The van der Waals surface area contributed by atoms with Crippen LogP contribution < -0.4 is 16.0 Å². The lowest BCUT2D eigenvalue weighted by atomic mass is 10.0. The van der Waals surface area contributed by atoms with Gasteiger partial charge in [0, 0.05) is 25.6 Å². The van der Waals surface area contributed by atoms with Crippen LogP contribution in [0.2, 0.25) is 0 Å². The summed E-state index contributed by atoms with van der Waals surface area (Å²) in [6, 6.07) is 7.19. The van der Waals surface area contributed by atoms with Gasteiger partial charge in [-0.1, -0.05) is 37.1 Å². The summed E-state index contributed by atoms with van der Waals surface area (Å²) in [4.78, 5) is 23.5. The lowest BCUT2D eigenvalue weighted by Gasteiger charge is -2.15. The first-order chi connectivity index (χ1) is 11.6. The fourth-order valence-corrected chi connectivity index (χ4v) is 3.02. The lowest BCUT2D eigenvalue weighted by molar-refractivity contribution is -0.124. The van der Waals surface area contributed by atoms with Gasteiger partial charge in [0.25, 0.3) is 0 Å². The Morgan fingerprint density at radius 1 is 1.12 bits per heavy atom. The van der Waals surface area contributed by atoms with Gasteiger partial charge in [-0.15, -0.1) is 0 Å². The minimum atomic E-state index is -0.737. The third kappa shape index (κ3) is 5.53. The van der Waals surface area contributed by atoms with Crippen LogP contribution in [0.15, 0.2) is 24.3 Å². The highest BCUT2D eigenvalue weighted by molar-refractivity contribution is 5.79. The van der Waals surface area contributed by atoms with Gasteiger partial charge in [-0.25, -0.2) is 4.79 Å². The number of rotatable bonds is 7. The van der Waals surface area contributed by atoms with Gasteiger partial charge in [0.2, 0.25) is 5.91 Å². The lowest BCUT2D eigenvalue weighted by Crippen LogP contribution is -2.42. The molecule has 6 nitrogen and oxygen atoms in total. The van der Waals surface area contributed by atoms with Crippen molar-refractivity contribution >= 4 is 11.9 Å². The standard InChI is InChI=1S/C18H27N3O3/c1-13-6-2-5-9-15(13)16(22)12-21-18(24)20-11-10-19-17(23)14-7-3-4-8-14/h2,5-6,9,14,16,22H,3-4,7-8,10-12H2,1H3,(H,19,23)(H2,20,21,24)/t16-/m0/s1. The molecule has 0 aromatic heterocycles. The summed E-state index contributed by atoms with van der Waals surface area (Å²) in [5.74, 6) is 0.229. The third-order valence-corrected chi connectivity index (χ3v) is 4.44. The van der Waals surface area contributed by atoms with Crippen molar-refractivity contribution in [3.05, 3.63) is 35.4 Å². The number of aliphatic hydroxyl groups is 1. The van der Waals surface area contributed by atoms with Crippen LogP contribution in [0.25, 0.3) is 0 Å². The van der Waals surface area contributed by atoms with Crippen LogP contribution in [0.3, 0.4) is 0 Å². The van der Waals surface area contributed by atoms with Crippen LogP contribution in [-0.2, 0) is 4.79 Å². The van der Waals surface area contributed by atoms with Crippen LogP contribution in [0.4, 0.5) is 4.79 Å². The zero-order valence-electron chi connectivity index (χ0n) is 14.2. The highest BCUT2D eigenvalue weighted by Gasteiger charge is 2.21. The second-order valence-corrected chi connectivity index (χ2v) is 6.28. The van der Waals surface area contributed by atoms with Crippen molar-refractivity contribution in [3.63, 3.8) is 0 Å². The molecule has 1 saturated carbocycles. The van der Waals surface area contributed by atoms with E-state index < -0.39 is 6.10 Å². The summed E-state index contributed by atoms with van der Waals surface area (Å²) in [5.41, 5.74) is 1.79. The molecule has 0 unspecified atom stereocenters. The van der Waals surface area contributed by atoms with Gasteiger partial charge in [0.1, 0.15) is 0 Å². The zero-order chi connectivity index (χ0) is 17.4. The van der Waals surface area contributed by atoms with E-state index in [1.54, 1.807) is 0 Å². The molecule has 24 heavy (non-hydrogen) atoms. The van der Waals surface area contributed by atoms with Crippen LogP contribution in [0, 0.1) is 12.8 Å². The predicted octanol–water partition coefficient (Wildman–Crippen LogP) is 1.63. The molecular formula is C18H27N3O3. The molecule has 0 spiro atoms. The first-order valence-electron chi connectivity index (χ1n) is 8.61. The molecule has 0 saturated heterocycles. The van der Waals surface area contributed by atoms with Gasteiger partial charge in [-0.2, -0.15) is 0 Å². The van der Waals surface area contributed by atoms with E-state index in [1.807, 2.05) is 31.2 Å². The van der Waals surface area contributed by atoms with Gasteiger partial charge in [0.15, 0.2) is 0 Å². The number of benzene rings is 1. The first-order valence-corrected chi connectivity index (χ1v) is 8.61. The SMILES string of the molecule is Cc1ccccc1[C@@H](O)CNC(=O)NCCNC(=O)C1CCCC1. The van der Waals surface area contributed by atoms with Crippen molar-refractivity contribution in [1.82, 2.24) is 16.0 Å². The van der Waals surface area contributed by atoms with E-state index in [1.165, 1.54) is 0 Å². The minimum absolute atomic E-state index is 0.0877. The van der Waals surface area contributed by atoms with E-state index in [0.29, 0.717) is 13.1 Å². The molecular weight excluding hydrogens is 306 g/mol. The number of carbonyl (C=O) groups is 2. The monoisotopic (exact) mass is 333 g/mol. The van der Waals surface area contributed by atoms with Gasteiger partial charge in [0.05, 0.1) is 6.10 Å². The number of aryl methyl sites for hydroxylation is 1. The van der Waals surface area contributed by atoms with Gasteiger partial charge in [-0.3, -0.25) is 4.79 Å². The summed E-state index contributed by atoms with van der Waals surface area (Å²) < 4.78 is 0. The van der Waals surface area contributed by atoms with Crippen molar-refractivity contribution in [1.29, 1.82) is 0 Å². The van der Waals surface area contributed by atoms with E-state index in [2.05, 4.69) is 16.0 Å². The van der Waals surface area contributed by atoms with Crippen molar-refractivity contribution in [2.45, 2.75) is 38.7 Å². The molecule has 0 heterocycles. The normalized spacial score (nSPS) is 15.8. The number of nitrogens with one attached hydrogen (secondary N) is 3.